The minimum Gasteiger partial charge on any atom is -0.274 e. The van der Waals surface area contributed by atoms with Crippen LogP contribution in [0.5, 0.6) is 0 Å². The van der Waals surface area contributed by atoms with Crippen molar-refractivity contribution in [3.05, 3.63) is 23.9 Å². The summed E-state index contributed by atoms with van der Waals surface area (Å²) >= 11 is 0. The van der Waals surface area contributed by atoms with Gasteiger partial charge in [0.1, 0.15) is 0 Å². The number of sulfonamides is 1. The van der Waals surface area contributed by atoms with Crippen LogP contribution < -0.4 is 4.72 Å². The number of fused-ring (bicyclic) bond motifs is 3. The molecule has 0 spiro atoms. The maximum Gasteiger partial charge on any atom is 0.281 e. The van der Waals surface area contributed by atoms with Crippen molar-refractivity contribution in [3.8, 4) is 0 Å². The molecule has 1 N–H and O–H groups in total. The first-order valence-electron chi connectivity index (χ1n) is 7.93. The van der Waals surface area contributed by atoms with E-state index < -0.39 is 15.9 Å². The van der Waals surface area contributed by atoms with Crippen LogP contribution in [0.4, 0.5) is 0 Å². The molecule has 3 aliphatic rings. The van der Waals surface area contributed by atoms with Crippen LogP contribution in [-0.4, -0.2) is 19.3 Å². The minimum absolute atomic E-state index is 0.0616. The van der Waals surface area contributed by atoms with Crippen molar-refractivity contribution in [2.45, 2.75) is 50.5 Å². The van der Waals surface area contributed by atoms with Crippen LogP contribution in [0, 0.1) is 24.7 Å². The Morgan fingerprint density at radius 1 is 1.32 bits per heavy atom. The third-order valence-electron chi connectivity index (χ3n) is 5.11. The molecule has 6 heteroatoms. The molecule has 120 valence electrons. The molecule has 5 nitrogen and oxygen atoms in total. The lowest BCUT2D eigenvalue weighted by atomic mass is 9.64. The summed E-state index contributed by atoms with van der Waals surface area (Å²) in [5.74, 6) is 1.27. The number of aryl methyl sites for hydroxylation is 1. The average Bonchev–Trinajstić information content (AvgIpc) is 2.48. The van der Waals surface area contributed by atoms with Gasteiger partial charge < -0.3 is 0 Å². The first-order chi connectivity index (χ1) is 10.5. The summed E-state index contributed by atoms with van der Waals surface area (Å²) in [5, 5.41) is -0.0616. The Kier molecular flexibility index (Phi) is 4.21. The van der Waals surface area contributed by atoms with Crippen molar-refractivity contribution < 1.29 is 13.2 Å². The standard InChI is InChI=1S/C16H22N2O3S/c1-11-3-2-8-17-16(11)22(20,21)18-15(19)10-14-9-12-4-6-13(14)7-5-12/h2-3,8,12-14H,4-7,9-10H2,1H3,(H,18,19). The van der Waals surface area contributed by atoms with Gasteiger partial charge in [0, 0.05) is 12.6 Å². The van der Waals surface area contributed by atoms with Crippen molar-refractivity contribution in [3.63, 3.8) is 0 Å². The Labute approximate surface area is 131 Å². The molecule has 3 aliphatic carbocycles. The van der Waals surface area contributed by atoms with Crippen LogP contribution in [0.3, 0.4) is 0 Å². The number of carbonyl (C=O) groups excluding carboxylic acids is 1. The smallest absolute Gasteiger partial charge is 0.274 e. The second kappa shape index (κ2) is 5.99. The summed E-state index contributed by atoms with van der Waals surface area (Å²) < 4.78 is 26.7. The van der Waals surface area contributed by atoms with Gasteiger partial charge in [-0.2, -0.15) is 8.42 Å². The molecule has 3 saturated carbocycles. The lowest BCUT2D eigenvalue weighted by molar-refractivity contribution is -0.121. The van der Waals surface area contributed by atoms with E-state index in [0.717, 1.165) is 12.3 Å². The molecule has 2 bridgehead atoms. The van der Waals surface area contributed by atoms with Gasteiger partial charge in [0.2, 0.25) is 5.91 Å². The highest BCUT2D eigenvalue weighted by Crippen LogP contribution is 2.46. The van der Waals surface area contributed by atoms with E-state index >= 15 is 0 Å². The third kappa shape index (κ3) is 3.16. The molecule has 22 heavy (non-hydrogen) atoms. The number of nitrogens with one attached hydrogen (secondary N) is 1. The molecule has 0 radical (unpaired) electrons. The molecule has 4 rings (SSSR count). The lowest BCUT2D eigenvalue weighted by Gasteiger charge is -2.42. The highest BCUT2D eigenvalue weighted by molar-refractivity contribution is 7.90. The van der Waals surface area contributed by atoms with Crippen molar-refractivity contribution in [2.24, 2.45) is 17.8 Å². The normalized spacial score (nSPS) is 27.6. The van der Waals surface area contributed by atoms with Gasteiger partial charge in [0.05, 0.1) is 0 Å². The van der Waals surface area contributed by atoms with Crippen molar-refractivity contribution >= 4 is 15.9 Å². The number of nitrogens with zero attached hydrogens (tertiary/aromatic N) is 1. The van der Waals surface area contributed by atoms with Gasteiger partial charge in [-0.15, -0.1) is 0 Å². The van der Waals surface area contributed by atoms with Crippen LogP contribution in [0.2, 0.25) is 0 Å². The van der Waals surface area contributed by atoms with E-state index in [1.54, 1.807) is 19.1 Å². The second-order valence-electron chi connectivity index (χ2n) is 6.63. The Hall–Kier alpha value is -1.43. The minimum atomic E-state index is -3.86. The SMILES string of the molecule is Cc1cccnc1S(=O)(=O)NC(=O)CC1CC2CCC1CC2. The molecule has 1 heterocycles. The summed E-state index contributed by atoms with van der Waals surface area (Å²) in [4.78, 5) is 16.1. The van der Waals surface area contributed by atoms with E-state index in [0.29, 0.717) is 23.8 Å². The molecule has 0 saturated heterocycles. The fraction of sp³-hybridized carbons (Fsp3) is 0.625. The molecule has 1 amide bonds. The van der Waals surface area contributed by atoms with E-state index in [1.165, 1.54) is 31.9 Å². The number of carbonyl (C=O) groups is 1. The molecular weight excluding hydrogens is 300 g/mol. The van der Waals surface area contributed by atoms with Gasteiger partial charge in [0.15, 0.2) is 5.03 Å². The number of rotatable bonds is 4. The maximum atomic E-state index is 12.3. The van der Waals surface area contributed by atoms with E-state index in [1.807, 2.05) is 0 Å². The Bertz CT molecular complexity index is 664. The van der Waals surface area contributed by atoms with Crippen LogP contribution in [0.25, 0.3) is 0 Å². The molecule has 0 aromatic carbocycles. The second-order valence-corrected chi connectivity index (χ2v) is 8.23. The number of hydrogen-bond acceptors (Lipinski definition) is 4. The molecule has 0 aliphatic heterocycles. The molecule has 1 aromatic heterocycles. The van der Waals surface area contributed by atoms with Crippen LogP contribution in [0.15, 0.2) is 23.4 Å². The number of amides is 1. The topological polar surface area (TPSA) is 76.1 Å². The maximum absolute atomic E-state index is 12.3. The summed E-state index contributed by atoms with van der Waals surface area (Å²) in [6.45, 7) is 1.67. The van der Waals surface area contributed by atoms with Gasteiger partial charge in [-0.05, 0) is 55.6 Å². The van der Waals surface area contributed by atoms with Gasteiger partial charge in [-0.1, -0.05) is 18.9 Å². The van der Waals surface area contributed by atoms with E-state index in [4.69, 9.17) is 0 Å². The summed E-state index contributed by atoms with van der Waals surface area (Å²) in [6, 6.07) is 3.35. The van der Waals surface area contributed by atoms with E-state index in [2.05, 4.69) is 9.71 Å². The average molecular weight is 322 g/mol. The summed E-state index contributed by atoms with van der Waals surface area (Å²) in [6.07, 6.45) is 7.73. The molecule has 1 atom stereocenters. The summed E-state index contributed by atoms with van der Waals surface area (Å²) in [5.41, 5.74) is 0.541. The predicted octanol–water partition coefficient (Wildman–Crippen LogP) is 2.41. The Morgan fingerprint density at radius 3 is 2.64 bits per heavy atom. The first kappa shape index (κ1) is 15.5. The largest absolute Gasteiger partial charge is 0.281 e. The van der Waals surface area contributed by atoms with Crippen LogP contribution in [0.1, 0.15) is 44.1 Å². The highest BCUT2D eigenvalue weighted by atomic mass is 32.2. The number of aromatic nitrogens is 1. The van der Waals surface area contributed by atoms with Crippen LogP contribution >= 0.6 is 0 Å². The molecule has 1 unspecified atom stereocenters. The zero-order chi connectivity index (χ0) is 15.7. The Morgan fingerprint density at radius 2 is 2.05 bits per heavy atom. The molecule has 1 aromatic rings. The number of pyridine rings is 1. The van der Waals surface area contributed by atoms with Gasteiger partial charge >= 0.3 is 0 Å². The third-order valence-corrected chi connectivity index (χ3v) is 6.54. The lowest BCUT2D eigenvalue weighted by Crippen LogP contribution is -2.37. The van der Waals surface area contributed by atoms with Gasteiger partial charge in [0.25, 0.3) is 10.0 Å². The van der Waals surface area contributed by atoms with E-state index in [-0.39, 0.29) is 5.03 Å². The molecule has 3 fully saturated rings. The van der Waals surface area contributed by atoms with Gasteiger partial charge in [-0.25, -0.2) is 9.71 Å². The zero-order valence-corrected chi connectivity index (χ0v) is 13.6. The monoisotopic (exact) mass is 322 g/mol. The number of hydrogen-bond donors (Lipinski definition) is 1. The molecular formula is C16H22N2O3S. The predicted molar refractivity (Wildman–Crippen MR) is 82.5 cm³/mol. The fourth-order valence-corrected chi connectivity index (χ4v) is 5.17. The highest BCUT2D eigenvalue weighted by Gasteiger charge is 2.37. The quantitative estimate of drug-likeness (QED) is 0.923. The van der Waals surface area contributed by atoms with Crippen LogP contribution in [-0.2, 0) is 14.8 Å². The van der Waals surface area contributed by atoms with E-state index in [9.17, 15) is 13.2 Å². The Balaban J connectivity index is 1.65. The fourth-order valence-electron chi connectivity index (χ4n) is 4.00. The zero-order valence-electron chi connectivity index (χ0n) is 12.8. The van der Waals surface area contributed by atoms with Crippen molar-refractivity contribution in [1.29, 1.82) is 0 Å². The van der Waals surface area contributed by atoms with Gasteiger partial charge in [-0.3, -0.25) is 4.79 Å². The van der Waals surface area contributed by atoms with Crippen molar-refractivity contribution in [1.82, 2.24) is 9.71 Å². The first-order valence-corrected chi connectivity index (χ1v) is 9.41. The summed E-state index contributed by atoms with van der Waals surface area (Å²) in [7, 11) is -3.86. The van der Waals surface area contributed by atoms with Crippen molar-refractivity contribution in [2.75, 3.05) is 0 Å².